The van der Waals surface area contributed by atoms with Crippen molar-refractivity contribution >= 4 is 45.8 Å². The quantitative estimate of drug-likeness (QED) is 0.509. The summed E-state index contributed by atoms with van der Waals surface area (Å²) in [6.45, 7) is 2.19. The predicted molar refractivity (Wildman–Crippen MR) is 86.2 cm³/mol. The molecule has 0 unspecified atom stereocenters. The Hall–Kier alpha value is -0.290. The topological polar surface area (TPSA) is 29.1 Å². The molecule has 0 spiro atoms. The van der Waals surface area contributed by atoms with E-state index in [1.807, 2.05) is 12.1 Å². The first-order chi connectivity index (χ1) is 8.63. The number of carbonyl (C=O) groups excluding carboxylic acids is 1. The fourth-order valence-electron chi connectivity index (χ4n) is 1.69. The van der Waals surface area contributed by atoms with Crippen molar-refractivity contribution in [3.63, 3.8) is 0 Å². The van der Waals surface area contributed by atoms with E-state index in [1.165, 1.54) is 19.3 Å². The van der Waals surface area contributed by atoms with Gasteiger partial charge in [-0.1, -0.05) is 44.2 Å². The standard InChI is InChI=1S/C14H19ClINO/c1-2-3-4-5-6-7-14(18)17-13-9-8-11(15)10-12(13)16/h8-10H,2-7H2,1H3,(H,17,18). The third kappa shape index (κ3) is 6.05. The highest BCUT2D eigenvalue weighted by Crippen LogP contribution is 2.22. The zero-order valence-corrected chi connectivity index (χ0v) is 13.6. The Balaban J connectivity index is 2.31. The summed E-state index contributed by atoms with van der Waals surface area (Å²) in [5.41, 5.74) is 0.846. The number of benzene rings is 1. The van der Waals surface area contributed by atoms with Crippen LogP contribution in [0.5, 0.6) is 0 Å². The summed E-state index contributed by atoms with van der Waals surface area (Å²) in [7, 11) is 0. The minimum atomic E-state index is 0.0896. The first kappa shape index (κ1) is 15.8. The zero-order chi connectivity index (χ0) is 13.4. The van der Waals surface area contributed by atoms with Gasteiger partial charge in [0.05, 0.1) is 5.69 Å². The minimum Gasteiger partial charge on any atom is -0.325 e. The lowest BCUT2D eigenvalue weighted by molar-refractivity contribution is -0.116. The first-order valence-corrected chi connectivity index (χ1v) is 7.84. The molecule has 4 heteroatoms. The first-order valence-electron chi connectivity index (χ1n) is 6.38. The smallest absolute Gasteiger partial charge is 0.224 e. The molecule has 0 radical (unpaired) electrons. The van der Waals surface area contributed by atoms with Gasteiger partial charge in [0, 0.05) is 15.0 Å². The van der Waals surface area contributed by atoms with E-state index in [4.69, 9.17) is 11.6 Å². The molecule has 1 amide bonds. The van der Waals surface area contributed by atoms with Crippen molar-refractivity contribution in [2.75, 3.05) is 5.32 Å². The maximum atomic E-state index is 11.7. The molecule has 18 heavy (non-hydrogen) atoms. The Morgan fingerprint density at radius 3 is 2.67 bits per heavy atom. The summed E-state index contributed by atoms with van der Waals surface area (Å²) in [5, 5.41) is 3.61. The zero-order valence-electron chi connectivity index (χ0n) is 10.6. The molecule has 0 saturated carbocycles. The van der Waals surface area contributed by atoms with Crippen LogP contribution in [0.15, 0.2) is 18.2 Å². The van der Waals surface area contributed by atoms with Crippen LogP contribution in [0.3, 0.4) is 0 Å². The molecule has 2 nitrogen and oxygen atoms in total. The van der Waals surface area contributed by atoms with Crippen LogP contribution in [0.1, 0.15) is 45.4 Å². The lowest BCUT2D eigenvalue weighted by Gasteiger charge is -2.07. The Labute approximate surface area is 128 Å². The SMILES string of the molecule is CCCCCCCC(=O)Nc1ccc(Cl)cc1I. The lowest BCUT2D eigenvalue weighted by Crippen LogP contribution is -2.11. The van der Waals surface area contributed by atoms with Gasteiger partial charge in [-0.05, 0) is 47.2 Å². The number of unbranched alkanes of at least 4 members (excludes halogenated alkanes) is 4. The summed E-state index contributed by atoms with van der Waals surface area (Å²) < 4.78 is 0.972. The van der Waals surface area contributed by atoms with Gasteiger partial charge in [0.25, 0.3) is 0 Å². The van der Waals surface area contributed by atoms with E-state index in [9.17, 15) is 4.79 Å². The molecule has 0 fully saturated rings. The number of nitrogens with one attached hydrogen (secondary N) is 1. The van der Waals surface area contributed by atoms with Gasteiger partial charge in [0.2, 0.25) is 5.91 Å². The Bertz CT molecular complexity index is 395. The maximum absolute atomic E-state index is 11.7. The van der Waals surface area contributed by atoms with Crippen molar-refractivity contribution in [3.8, 4) is 0 Å². The Kier molecular flexibility index (Phi) is 7.66. The molecular formula is C14H19ClINO. The molecule has 0 heterocycles. The molecule has 1 aromatic carbocycles. The largest absolute Gasteiger partial charge is 0.325 e. The highest BCUT2D eigenvalue weighted by atomic mass is 127. The number of hydrogen-bond donors (Lipinski definition) is 1. The van der Waals surface area contributed by atoms with Crippen LogP contribution in [0.25, 0.3) is 0 Å². The van der Waals surface area contributed by atoms with Crippen LogP contribution < -0.4 is 5.32 Å². The minimum absolute atomic E-state index is 0.0896. The second kappa shape index (κ2) is 8.75. The Morgan fingerprint density at radius 1 is 1.28 bits per heavy atom. The van der Waals surface area contributed by atoms with Crippen molar-refractivity contribution < 1.29 is 4.79 Å². The monoisotopic (exact) mass is 379 g/mol. The summed E-state index contributed by atoms with van der Waals surface area (Å²) in [6.07, 6.45) is 6.42. The van der Waals surface area contributed by atoms with Gasteiger partial charge >= 0.3 is 0 Å². The van der Waals surface area contributed by atoms with E-state index in [0.717, 1.165) is 22.1 Å². The average molecular weight is 380 g/mol. The van der Waals surface area contributed by atoms with Crippen molar-refractivity contribution in [3.05, 3.63) is 26.8 Å². The molecule has 0 aromatic heterocycles. The average Bonchev–Trinajstić information content (AvgIpc) is 2.32. The van der Waals surface area contributed by atoms with Gasteiger partial charge in [0.15, 0.2) is 0 Å². The van der Waals surface area contributed by atoms with Gasteiger partial charge in [0.1, 0.15) is 0 Å². The third-order valence-corrected chi connectivity index (χ3v) is 3.84. The number of halogens is 2. The van der Waals surface area contributed by atoms with Crippen LogP contribution in [-0.2, 0) is 4.79 Å². The van der Waals surface area contributed by atoms with Crippen LogP contribution in [0.2, 0.25) is 5.02 Å². The van der Waals surface area contributed by atoms with Crippen molar-refractivity contribution in [1.82, 2.24) is 0 Å². The van der Waals surface area contributed by atoms with Gasteiger partial charge in [-0.25, -0.2) is 0 Å². The van der Waals surface area contributed by atoms with E-state index in [2.05, 4.69) is 34.8 Å². The van der Waals surface area contributed by atoms with Gasteiger partial charge in [-0.2, -0.15) is 0 Å². The molecule has 0 saturated heterocycles. The van der Waals surface area contributed by atoms with Gasteiger partial charge < -0.3 is 5.32 Å². The van der Waals surface area contributed by atoms with E-state index in [-0.39, 0.29) is 5.91 Å². The fourth-order valence-corrected chi connectivity index (χ4v) is 2.70. The highest BCUT2D eigenvalue weighted by molar-refractivity contribution is 14.1. The molecular weight excluding hydrogens is 361 g/mol. The van der Waals surface area contributed by atoms with Crippen molar-refractivity contribution in [1.29, 1.82) is 0 Å². The molecule has 0 bridgehead atoms. The van der Waals surface area contributed by atoms with Crippen LogP contribution in [0, 0.1) is 3.57 Å². The number of carbonyl (C=O) groups is 1. The van der Waals surface area contributed by atoms with Crippen LogP contribution in [-0.4, -0.2) is 5.91 Å². The normalized spacial score (nSPS) is 10.4. The molecule has 0 aliphatic heterocycles. The van der Waals surface area contributed by atoms with E-state index >= 15 is 0 Å². The lowest BCUT2D eigenvalue weighted by atomic mass is 10.1. The summed E-state index contributed by atoms with van der Waals surface area (Å²) in [5.74, 6) is 0.0896. The van der Waals surface area contributed by atoms with Gasteiger partial charge in [-0.15, -0.1) is 0 Å². The molecule has 0 atom stereocenters. The third-order valence-electron chi connectivity index (χ3n) is 2.71. The summed E-state index contributed by atoms with van der Waals surface area (Å²) >= 11 is 8.04. The number of hydrogen-bond acceptors (Lipinski definition) is 1. The molecule has 0 aliphatic carbocycles. The second-order valence-electron chi connectivity index (χ2n) is 4.34. The highest BCUT2D eigenvalue weighted by Gasteiger charge is 2.05. The van der Waals surface area contributed by atoms with E-state index < -0.39 is 0 Å². The molecule has 1 rings (SSSR count). The number of rotatable bonds is 7. The van der Waals surface area contributed by atoms with Crippen LogP contribution in [0.4, 0.5) is 5.69 Å². The number of anilines is 1. The summed E-state index contributed by atoms with van der Waals surface area (Å²) in [6, 6.07) is 5.48. The maximum Gasteiger partial charge on any atom is 0.224 e. The molecule has 0 aliphatic rings. The molecule has 100 valence electrons. The van der Waals surface area contributed by atoms with Crippen LogP contribution >= 0.6 is 34.2 Å². The number of amides is 1. The second-order valence-corrected chi connectivity index (χ2v) is 5.94. The predicted octanol–water partition coefficient (Wildman–Crippen LogP) is 5.24. The van der Waals surface area contributed by atoms with E-state index in [1.54, 1.807) is 6.07 Å². The van der Waals surface area contributed by atoms with E-state index in [0.29, 0.717) is 11.4 Å². The molecule has 1 N–H and O–H groups in total. The summed E-state index contributed by atoms with van der Waals surface area (Å²) in [4.78, 5) is 11.7. The van der Waals surface area contributed by atoms with Gasteiger partial charge in [-0.3, -0.25) is 4.79 Å². The van der Waals surface area contributed by atoms with Crippen molar-refractivity contribution in [2.24, 2.45) is 0 Å². The van der Waals surface area contributed by atoms with Crippen molar-refractivity contribution in [2.45, 2.75) is 45.4 Å². The molecule has 1 aromatic rings. The Morgan fingerprint density at radius 2 is 2.00 bits per heavy atom. The fraction of sp³-hybridized carbons (Fsp3) is 0.500.